The van der Waals surface area contributed by atoms with Crippen LogP contribution in [0, 0.1) is 25.7 Å². The van der Waals surface area contributed by atoms with E-state index in [-0.39, 0.29) is 18.9 Å². The summed E-state index contributed by atoms with van der Waals surface area (Å²) in [5, 5.41) is 12.6. The number of rotatable bonds is 6. The summed E-state index contributed by atoms with van der Waals surface area (Å²) in [6.07, 6.45) is 0.0394. The van der Waals surface area contributed by atoms with Crippen molar-refractivity contribution >= 4 is 17.6 Å². The zero-order valence-electron chi connectivity index (χ0n) is 16.3. The van der Waals surface area contributed by atoms with E-state index >= 15 is 0 Å². The SMILES string of the molecule is Cc1cc(C)cc(NC(=O)CC2COC(C)(Oc3ccccc3)C2C(=O)O)c1. The summed E-state index contributed by atoms with van der Waals surface area (Å²) in [5.74, 6) is -3.54. The van der Waals surface area contributed by atoms with Crippen LogP contribution in [0.2, 0.25) is 0 Å². The monoisotopic (exact) mass is 383 g/mol. The number of para-hydroxylation sites is 1. The van der Waals surface area contributed by atoms with Gasteiger partial charge < -0.3 is 19.9 Å². The number of hydrogen-bond acceptors (Lipinski definition) is 4. The van der Waals surface area contributed by atoms with E-state index in [9.17, 15) is 14.7 Å². The Labute approximate surface area is 164 Å². The Morgan fingerprint density at radius 1 is 1.18 bits per heavy atom. The largest absolute Gasteiger partial charge is 0.481 e. The molecule has 1 aliphatic rings. The predicted octanol–water partition coefficient (Wildman–Crippen LogP) is 3.77. The maximum atomic E-state index is 12.5. The maximum absolute atomic E-state index is 12.5. The third kappa shape index (κ3) is 4.51. The Morgan fingerprint density at radius 3 is 2.43 bits per heavy atom. The number of hydrogen-bond donors (Lipinski definition) is 2. The van der Waals surface area contributed by atoms with E-state index in [1.165, 1.54) is 0 Å². The van der Waals surface area contributed by atoms with Crippen molar-refractivity contribution in [3.8, 4) is 5.75 Å². The van der Waals surface area contributed by atoms with Crippen molar-refractivity contribution in [3.63, 3.8) is 0 Å². The third-order valence-electron chi connectivity index (χ3n) is 4.90. The van der Waals surface area contributed by atoms with Crippen LogP contribution in [0.25, 0.3) is 0 Å². The van der Waals surface area contributed by atoms with Crippen LogP contribution in [0.1, 0.15) is 24.5 Å². The molecule has 2 aromatic rings. The minimum Gasteiger partial charge on any atom is -0.481 e. The van der Waals surface area contributed by atoms with Crippen LogP contribution in [0.15, 0.2) is 48.5 Å². The number of nitrogens with one attached hydrogen (secondary N) is 1. The van der Waals surface area contributed by atoms with Gasteiger partial charge in [-0.15, -0.1) is 0 Å². The number of aliphatic carboxylic acids is 1. The molecule has 1 fully saturated rings. The Bertz CT molecular complexity index is 846. The molecule has 0 aromatic heterocycles. The lowest BCUT2D eigenvalue weighted by molar-refractivity contribution is -0.180. The molecular formula is C22H25NO5. The standard InChI is InChI=1S/C22H25NO5/c1-14-9-15(2)11-17(10-14)23-19(24)12-16-13-27-22(3,20(16)21(25)26)28-18-7-5-4-6-8-18/h4-11,16,20H,12-13H2,1-3H3,(H,23,24)(H,25,26). The highest BCUT2D eigenvalue weighted by Crippen LogP contribution is 2.40. The fourth-order valence-corrected chi connectivity index (χ4v) is 3.80. The molecule has 0 spiro atoms. The van der Waals surface area contributed by atoms with Crippen LogP contribution in [-0.4, -0.2) is 29.4 Å². The first-order valence-corrected chi connectivity index (χ1v) is 9.26. The van der Waals surface area contributed by atoms with Crippen molar-refractivity contribution in [1.82, 2.24) is 0 Å². The number of ether oxygens (including phenoxy) is 2. The lowest BCUT2D eigenvalue weighted by Crippen LogP contribution is -2.44. The first-order valence-electron chi connectivity index (χ1n) is 9.26. The van der Waals surface area contributed by atoms with Gasteiger partial charge in [0.05, 0.1) is 6.61 Å². The number of carbonyl (C=O) groups is 2. The van der Waals surface area contributed by atoms with Gasteiger partial charge in [0.15, 0.2) is 0 Å². The molecule has 3 rings (SSSR count). The van der Waals surface area contributed by atoms with Crippen molar-refractivity contribution < 1.29 is 24.2 Å². The van der Waals surface area contributed by atoms with Gasteiger partial charge in [-0.2, -0.15) is 0 Å². The van der Waals surface area contributed by atoms with Crippen molar-refractivity contribution in [2.75, 3.05) is 11.9 Å². The minimum absolute atomic E-state index is 0.0394. The van der Waals surface area contributed by atoms with Gasteiger partial charge in [-0.1, -0.05) is 24.3 Å². The summed E-state index contributed by atoms with van der Waals surface area (Å²) in [4.78, 5) is 24.5. The normalized spacial score (nSPS) is 24.0. The molecule has 0 saturated carbocycles. The average Bonchev–Trinajstić information content (AvgIpc) is 2.90. The zero-order valence-corrected chi connectivity index (χ0v) is 16.3. The predicted molar refractivity (Wildman–Crippen MR) is 105 cm³/mol. The summed E-state index contributed by atoms with van der Waals surface area (Å²) in [6.45, 7) is 5.67. The summed E-state index contributed by atoms with van der Waals surface area (Å²) in [6, 6.07) is 14.7. The van der Waals surface area contributed by atoms with E-state index in [2.05, 4.69) is 5.32 Å². The summed E-state index contributed by atoms with van der Waals surface area (Å²) in [5.41, 5.74) is 2.80. The number of benzene rings is 2. The average molecular weight is 383 g/mol. The van der Waals surface area contributed by atoms with Gasteiger partial charge in [0.2, 0.25) is 11.7 Å². The summed E-state index contributed by atoms with van der Waals surface area (Å²) < 4.78 is 11.6. The van der Waals surface area contributed by atoms with E-state index < -0.39 is 23.6 Å². The van der Waals surface area contributed by atoms with Crippen molar-refractivity contribution in [2.45, 2.75) is 33.0 Å². The Balaban J connectivity index is 1.71. The molecule has 1 heterocycles. The molecule has 6 heteroatoms. The van der Waals surface area contributed by atoms with E-state index in [4.69, 9.17) is 9.47 Å². The van der Waals surface area contributed by atoms with E-state index in [1.807, 2.05) is 38.1 Å². The molecule has 2 aromatic carbocycles. The van der Waals surface area contributed by atoms with Crippen LogP contribution in [0.5, 0.6) is 5.75 Å². The van der Waals surface area contributed by atoms with Crippen LogP contribution in [-0.2, 0) is 14.3 Å². The van der Waals surface area contributed by atoms with Gasteiger partial charge in [-0.05, 0) is 49.2 Å². The van der Waals surface area contributed by atoms with Gasteiger partial charge in [-0.3, -0.25) is 9.59 Å². The van der Waals surface area contributed by atoms with E-state index in [1.54, 1.807) is 31.2 Å². The highest BCUT2D eigenvalue weighted by atomic mass is 16.7. The highest BCUT2D eigenvalue weighted by molar-refractivity contribution is 5.91. The van der Waals surface area contributed by atoms with Gasteiger partial charge in [0.25, 0.3) is 0 Å². The highest BCUT2D eigenvalue weighted by Gasteiger charge is 2.53. The molecule has 0 aliphatic carbocycles. The lowest BCUT2D eigenvalue weighted by atomic mass is 9.86. The van der Waals surface area contributed by atoms with Crippen molar-refractivity contribution in [2.24, 2.45) is 11.8 Å². The molecule has 3 unspecified atom stereocenters. The first kappa shape index (κ1) is 19.9. The van der Waals surface area contributed by atoms with Gasteiger partial charge >= 0.3 is 5.97 Å². The quantitative estimate of drug-likeness (QED) is 0.793. The van der Waals surface area contributed by atoms with E-state index in [0.717, 1.165) is 11.1 Å². The molecule has 148 valence electrons. The second-order valence-corrected chi connectivity index (χ2v) is 7.45. The minimum atomic E-state index is -1.34. The second kappa shape index (κ2) is 8.02. The summed E-state index contributed by atoms with van der Waals surface area (Å²) >= 11 is 0. The van der Waals surface area contributed by atoms with Gasteiger partial charge in [0, 0.05) is 24.9 Å². The summed E-state index contributed by atoms with van der Waals surface area (Å²) in [7, 11) is 0. The fourth-order valence-electron chi connectivity index (χ4n) is 3.80. The molecule has 28 heavy (non-hydrogen) atoms. The Morgan fingerprint density at radius 2 is 1.82 bits per heavy atom. The Hall–Kier alpha value is -2.86. The molecule has 6 nitrogen and oxygen atoms in total. The van der Waals surface area contributed by atoms with E-state index in [0.29, 0.717) is 11.4 Å². The van der Waals surface area contributed by atoms with Gasteiger partial charge in [-0.25, -0.2) is 0 Å². The number of amides is 1. The van der Waals surface area contributed by atoms with Crippen molar-refractivity contribution in [1.29, 1.82) is 0 Å². The third-order valence-corrected chi connectivity index (χ3v) is 4.90. The van der Waals surface area contributed by atoms with Crippen LogP contribution in [0.3, 0.4) is 0 Å². The smallest absolute Gasteiger partial charge is 0.313 e. The Kier molecular flexibility index (Phi) is 5.70. The van der Waals surface area contributed by atoms with Gasteiger partial charge in [0.1, 0.15) is 11.7 Å². The molecular weight excluding hydrogens is 358 g/mol. The number of carbonyl (C=O) groups excluding carboxylic acids is 1. The molecule has 2 N–H and O–H groups in total. The number of carboxylic acid groups (broad SMARTS) is 1. The molecule has 1 amide bonds. The molecule has 1 aliphatic heterocycles. The molecule has 0 radical (unpaired) electrons. The zero-order chi connectivity index (χ0) is 20.3. The fraction of sp³-hybridized carbons (Fsp3) is 0.364. The number of carboxylic acids is 1. The second-order valence-electron chi connectivity index (χ2n) is 7.45. The molecule has 0 bridgehead atoms. The van der Waals surface area contributed by atoms with Crippen LogP contribution < -0.4 is 10.1 Å². The maximum Gasteiger partial charge on any atom is 0.313 e. The van der Waals surface area contributed by atoms with Crippen LogP contribution >= 0.6 is 0 Å². The topological polar surface area (TPSA) is 84.9 Å². The number of anilines is 1. The van der Waals surface area contributed by atoms with Crippen LogP contribution in [0.4, 0.5) is 5.69 Å². The lowest BCUT2D eigenvalue weighted by Gasteiger charge is -2.30. The van der Waals surface area contributed by atoms with Crippen molar-refractivity contribution in [3.05, 3.63) is 59.7 Å². The number of aryl methyl sites for hydroxylation is 2. The molecule has 1 saturated heterocycles. The molecule has 3 atom stereocenters. The first-order chi connectivity index (χ1) is 13.3.